The minimum Gasteiger partial charge on any atom is -0.873 e. The average Bonchev–Trinajstić information content (AvgIpc) is 2.90. The van der Waals surface area contributed by atoms with Crippen LogP contribution in [0.3, 0.4) is 0 Å². The van der Waals surface area contributed by atoms with E-state index in [1.165, 1.54) is 5.56 Å². The van der Waals surface area contributed by atoms with Crippen molar-refractivity contribution >= 4 is 0 Å². The van der Waals surface area contributed by atoms with Crippen molar-refractivity contribution in [2.24, 2.45) is 0 Å². The van der Waals surface area contributed by atoms with E-state index < -0.39 is 17.1 Å². The zero-order valence-corrected chi connectivity index (χ0v) is 13.3. The first kappa shape index (κ1) is 13.7. The van der Waals surface area contributed by atoms with Gasteiger partial charge in [-0.05, 0) is 44.5 Å². The Hall–Kier alpha value is -1.72. The molecule has 4 aliphatic rings. The van der Waals surface area contributed by atoms with Crippen LogP contribution in [0.15, 0.2) is 24.0 Å². The highest BCUT2D eigenvalue weighted by Gasteiger charge is 2.70. The molecule has 4 atom stereocenters. The Morgan fingerprint density at radius 2 is 2.26 bits per heavy atom. The number of likely N-dealkylation sites (tertiary alicyclic amines) is 1. The van der Waals surface area contributed by atoms with Crippen molar-refractivity contribution in [3.05, 3.63) is 35.1 Å². The molecule has 2 aliphatic carbocycles. The van der Waals surface area contributed by atoms with Crippen molar-refractivity contribution in [3.8, 4) is 11.5 Å². The van der Waals surface area contributed by atoms with E-state index in [2.05, 4.69) is 18.0 Å². The number of ether oxygens (including phenoxy) is 2. The lowest BCUT2D eigenvalue weighted by Crippen LogP contribution is -2.74. The molecule has 2 aliphatic heterocycles. The van der Waals surface area contributed by atoms with Crippen LogP contribution in [0.2, 0.25) is 0 Å². The molecule has 2 heterocycles. The van der Waals surface area contributed by atoms with Crippen molar-refractivity contribution in [2.75, 3.05) is 20.7 Å². The highest BCUT2D eigenvalue weighted by Crippen LogP contribution is 2.64. The van der Waals surface area contributed by atoms with E-state index >= 15 is 0 Å². The summed E-state index contributed by atoms with van der Waals surface area (Å²) in [6.45, 7) is 0.857. The van der Waals surface area contributed by atoms with Crippen molar-refractivity contribution in [3.63, 3.8) is 0 Å². The quantitative estimate of drug-likeness (QED) is 0.809. The number of hydrogen-bond donors (Lipinski definition) is 1. The second-order valence-electron chi connectivity index (χ2n) is 7.29. The maximum atomic E-state index is 12.6. The van der Waals surface area contributed by atoms with Gasteiger partial charge in [0.25, 0.3) is 0 Å². The maximum Gasteiger partial charge on any atom is 0.166 e. The van der Waals surface area contributed by atoms with Crippen LogP contribution in [0.4, 0.5) is 0 Å². The fourth-order valence-corrected chi connectivity index (χ4v) is 5.49. The summed E-state index contributed by atoms with van der Waals surface area (Å²) >= 11 is 0. The molecule has 0 amide bonds. The number of benzene rings is 1. The van der Waals surface area contributed by atoms with Gasteiger partial charge >= 0.3 is 0 Å². The van der Waals surface area contributed by atoms with E-state index in [4.69, 9.17) is 9.47 Å². The molecule has 1 aromatic rings. The number of rotatable bonds is 1. The van der Waals surface area contributed by atoms with Crippen molar-refractivity contribution in [1.29, 1.82) is 0 Å². The van der Waals surface area contributed by atoms with Crippen LogP contribution >= 0.6 is 0 Å². The summed E-state index contributed by atoms with van der Waals surface area (Å²) in [5.41, 5.74) is 0.616. The third kappa shape index (κ3) is 1.30. The van der Waals surface area contributed by atoms with Gasteiger partial charge in [0, 0.05) is 11.6 Å². The zero-order chi connectivity index (χ0) is 16.0. The summed E-state index contributed by atoms with van der Waals surface area (Å²) in [5, 5.41) is 24.3. The van der Waals surface area contributed by atoms with Crippen LogP contribution in [-0.4, -0.2) is 48.5 Å². The Morgan fingerprint density at radius 3 is 3.04 bits per heavy atom. The van der Waals surface area contributed by atoms with Gasteiger partial charge in [0.2, 0.25) is 0 Å². The molecule has 5 heteroatoms. The number of nitrogens with zero attached hydrogens (tertiary/aromatic N) is 1. The Kier molecular flexibility index (Phi) is 2.40. The first-order chi connectivity index (χ1) is 11.0. The van der Waals surface area contributed by atoms with Gasteiger partial charge in [-0.15, -0.1) is 0 Å². The average molecular weight is 314 g/mol. The molecule has 1 saturated heterocycles. The third-order valence-corrected chi connectivity index (χ3v) is 6.56. The van der Waals surface area contributed by atoms with Crippen LogP contribution in [0.1, 0.15) is 24.0 Å². The summed E-state index contributed by atoms with van der Waals surface area (Å²) in [6, 6.07) is 3.99. The normalized spacial score (nSPS) is 40.2. The second-order valence-corrected chi connectivity index (χ2v) is 7.29. The molecule has 23 heavy (non-hydrogen) atoms. The van der Waals surface area contributed by atoms with Crippen LogP contribution in [0, 0.1) is 0 Å². The van der Waals surface area contributed by atoms with Crippen LogP contribution < -0.4 is 14.6 Å². The molecule has 1 spiro atoms. The minimum absolute atomic E-state index is 0.0101. The van der Waals surface area contributed by atoms with Crippen LogP contribution in [0.5, 0.6) is 11.5 Å². The van der Waals surface area contributed by atoms with Gasteiger partial charge < -0.3 is 24.6 Å². The monoisotopic (exact) mass is 314 g/mol. The molecule has 1 fully saturated rings. The molecule has 0 radical (unpaired) electrons. The molecule has 2 bridgehead atoms. The predicted octanol–water partition coefficient (Wildman–Crippen LogP) is 0.333. The van der Waals surface area contributed by atoms with Crippen LogP contribution in [0.25, 0.3) is 0 Å². The first-order valence-corrected chi connectivity index (χ1v) is 8.19. The van der Waals surface area contributed by atoms with Crippen molar-refractivity contribution in [1.82, 2.24) is 4.90 Å². The van der Waals surface area contributed by atoms with Gasteiger partial charge in [0.1, 0.15) is 6.10 Å². The Morgan fingerprint density at radius 1 is 1.43 bits per heavy atom. The van der Waals surface area contributed by atoms with E-state index in [9.17, 15) is 10.2 Å². The predicted molar refractivity (Wildman–Crippen MR) is 81.5 cm³/mol. The minimum atomic E-state index is -0.955. The molecule has 1 aromatic carbocycles. The number of piperidine rings is 1. The molecule has 0 unspecified atom stereocenters. The fraction of sp³-hybridized carbons (Fsp3) is 0.556. The Bertz CT molecular complexity index is 745. The highest BCUT2D eigenvalue weighted by atomic mass is 16.5. The smallest absolute Gasteiger partial charge is 0.166 e. The summed E-state index contributed by atoms with van der Waals surface area (Å²) in [7, 11) is 3.67. The number of methoxy groups -OCH3 is 1. The lowest BCUT2D eigenvalue weighted by atomic mass is 9.50. The molecule has 0 saturated carbocycles. The Labute approximate surface area is 135 Å². The van der Waals surface area contributed by atoms with Gasteiger partial charge in [-0.3, -0.25) is 0 Å². The number of likely N-dealkylation sites (N-methyl/N-ethyl adjacent to an activating group) is 1. The first-order valence-electron chi connectivity index (χ1n) is 8.19. The van der Waals surface area contributed by atoms with Crippen LogP contribution in [-0.2, 0) is 11.8 Å². The van der Waals surface area contributed by atoms with E-state index in [0.29, 0.717) is 17.9 Å². The van der Waals surface area contributed by atoms with Crippen molar-refractivity contribution in [2.45, 2.75) is 42.4 Å². The molecule has 5 nitrogen and oxygen atoms in total. The summed E-state index contributed by atoms with van der Waals surface area (Å²) < 4.78 is 11.6. The van der Waals surface area contributed by atoms with Gasteiger partial charge in [-0.2, -0.15) is 0 Å². The largest absolute Gasteiger partial charge is 0.873 e. The summed E-state index contributed by atoms with van der Waals surface area (Å²) in [5.74, 6) is 1.31. The SMILES string of the molecule is COc1ccc2c3c1O[C@H]1C([O-])=CC[C@@]4(O)[C@@H](C2)N(C)CC[C@]314. The zero-order valence-electron chi connectivity index (χ0n) is 13.3. The van der Waals surface area contributed by atoms with Gasteiger partial charge in [0.05, 0.1) is 18.1 Å². The summed E-state index contributed by atoms with van der Waals surface area (Å²) in [4.78, 5) is 2.23. The maximum absolute atomic E-state index is 12.6. The van der Waals surface area contributed by atoms with E-state index in [0.717, 1.165) is 24.9 Å². The molecule has 0 aromatic heterocycles. The highest BCUT2D eigenvalue weighted by molar-refractivity contribution is 5.64. The summed E-state index contributed by atoms with van der Waals surface area (Å²) in [6.07, 6.45) is 2.91. The van der Waals surface area contributed by atoms with E-state index in [-0.39, 0.29) is 11.8 Å². The lowest BCUT2D eigenvalue weighted by Gasteiger charge is -2.62. The van der Waals surface area contributed by atoms with Crippen molar-refractivity contribution < 1.29 is 19.7 Å². The molecular formula is C18H20NO4-. The molecule has 122 valence electrons. The fourth-order valence-electron chi connectivity index (χ4n) is 5.49. The molecule has 1 N–H and O–H groups in total. The third-order valence-electron chi connectivity index (χ3n) is 6.56. The topological polar surface area (TPSA) is 65.0 Å². The standard InChI is InChI=1S/C18H21NO4/c1-19-8-7-17-14-10-3-4-12(22-2)15(14)23-16(17)11(20)5-6-18(17,21)13(19)9-10/h3-5,13,16,20-21H,6-9H2,1-2H3/p-1/t13-,16+,17+,18-/m1/s1. The van der Waals surface area contributed by atoms with Gasteiger partial charge in [-0.25, -0.2) is 0 Å². The number of aliphatic hydroxyl groups is 1. The van der Waals surface area contributed by atoms with E-state index in [1.807, 2.05) is 6.07 Å². The Balaban J connectivity index is 1.87. The number of hydrogen-bond acceptors (Lipinski definition) is 5. The lowest BCUT2D eigenvalue weighted by molar-refractivity contribution is -0.331. The molecular weight excluding hydrogens is 294 g/mol. The van der Waals surface area contributed by atoms with Gasteiger partial charge in [0.15, 0.2) is 11.5 Å². The van der Waals surface area contributed by atoms with Gasteiger partial charge in [-0.1, -0.05) is 17.9 Å². The van der Waals surface area contributed by atoms with E-state index in [1.54, 1.807) is 13.2 Å². The molecule has 5 rings (SSSR count). The second kappa shape index (κ2) is 4.02.